The van der Waals surface area contributed by atoms with Crippen LogP contribution in [0.25, 0.3) is 0 Å². The van der Waals surface area contributed by atoms with Crippen molar-refractivity contribution >= 4 is 5.96 Å². The van der Waals surface area contributed by atoms with Gasteiger partial charge in [-0.25, -0.2) is 0 Å². The van der Waals surface area contributed by atoms with Crippen molar-refractivity contribution in [3.8, 4) is 0 Å². The maximum Gasteiger partial charge on any atom is 0.191 e. The molecule has 2 N–H and O–H groups in total. The Morgan fingerprint density at radius 3 is 2.55 bits per heavy atom. The summed E-state index contributed by atoms with van der Waals surface area (Å²) in [6.45, 7) is 8.98. The van der Waals surface area contributed by atoms with Gasteiger partial charge in [0.15, 0.2) is 5.96 Å². The fraction of sp³-hybridized carbons (Fsp3) is 0.611. The number of benzene rings is 1. The molecule has 0 atom stereocenters. The number of guanidine groups is 1. The Labute approximate surface area is 134 Å². The van der Waals surface area contributed by atoms with E-state index in [2.05, 4.69) is 60.7 Å². The number of hydrogen-bond acceptors (Lipinski definition) is 2. The zero-order chi connectivity index (χ0) is 16.0. The molecular formula is C18H29N3O. The van der Waals surface area contributed by atoms with Gasteiger partial charge in [-0.2, -0.15) is 0 Å². The van der Waals surface area contributed by atoms with Gasteiger partial charge in [0, 0.05) is 38.3 Å². The quantitative estimate of drug-likeness (QED) is 0.664. The summed E-state index contributed by atoms with van der Waals surface area (Å²) in [6, 6.07) is 9.09. The lowest BCUT2D eigenvalue weighted by Gasteiger charge is -2.39. The Hall–Kier alpha value is -1.55. The second-order valence-electron chi connectivity index (χ2n) is 6.43. The van der Waals surface area contributed by atoms with Gasteiger partial charge in [0.2, 0.25) is 0 Å². The second-order valence-corrected chi connectivity index (χ2v) is 6.43. The monoisotopic (exact) mass is 303 g/mol. The molecule has 4 heteroatoms. The maximum absolute atomic E-state index is 5.61. The van der Waals surface area contributed by atoms with Gasteiger partial charge in [-0.05, 0) is 44.7 Å². The zero-order valence-electron chi connectivity index (χ0n) is 14.3. The minimum absolute atomic E-state index is 0.123. The van der Waals surface area contributed by atoms with Crippen LogP contribution in [0.1, 0.15) is 37.8 Å². The lowest BCUT2D eigenvalue weighted by molar-refractivity contribution is 0.0511. The molecule has 0 spiro atoms. The molecule has 122 valence electrons. The van der Waals surface area contributed by atoms with Crippen LogP contribution in [-0.4, -0.2) is 38.8 Å². The van der Waals surface area contributed by atoms with E-state index in [1.807, 2.05) is 7.05 Å². The van der Waals surface area contributed by atoms with Gasteiger partial charge in [0.1, 0.15) is 0 Å². The van der Waals surface area contributed by atoms with Crippen molar-refractivity contribution in [2.24, 2.45) is 4.99 Å². The third-order valence-corrected chi connectivity index (χ3v) is 4.41. The number of aryl methyl sites for hydroxylation is 1. The largest absolute Gasteiger partial charge is 0.381 e. The summed E-state index contributed by atoms with van der Waals surface area (Å²) >= 11 is 0. The SMILES string of the molecule is CN=C(NCC1(c2ccccc2C)CCOCC1)NC(C)C. The molecule has 2 rings (SSSR count). The maximum atomic E-state index is 5.61. The Kier molecular flexibility index (Phi) is 5.83. The van der Waals surface area contributed by atoms with Crippen LogP contribution in [0.3, 0.4) is 0 Å². The summed E-state index contributed by atoms with van der Waals surface area (Å²) in [6.07, 6.45) is 2.09. The lowest BCUT2D eigenvalue weighted by atomic mass is 9.72. The molecule has 0 saturated carbocycles. The highest BCUT2D eigenvalue weighted by Crippen LogP contribution is 2.36. The minimum Gasteiger partial charge on any atom is -0.381 e. The molecule has 1 heterocycles. The highest BCUT2D eigenvalue weighted by molar-refractivity contribution is 5.80. The summed E-state index contributed by atoms with van der Waals surface area (Å²) in [4.78, 5) is 4.32. The first-order chi connectivity index (χ1) is 10.6. The van der Waals surface area contributed by atoms with Crippen LogP contribution in [0.5, 0.6) is 0 Å². The van der Waals surface area contributed by atoms with Crippen LogP contribution >= 0.6 is 0 Å². The van der Waals surface area contributed by atoms with Crippen LogP contribution < -0.4 is 10.6 Å². The molecule has 1 aliphatic rings. The first kappa shape index (κ1) is 16.8. The number of aliphatic imine (C=N–C) groups is 1. The van der Waals surface area contributed by atoms with Crippen LogP contribution in [-0.2, 0) is 10.2 Å². The molecule has 0 bridgehead atoms. The fourth-order valence-electron chi connectivity index (χ4n) is 3.19. The van der Waals surface area contributed by atoms with E-state index in [9.17, 15) is 0 Å². The molecule has 1 aromatic carbocycles. The minimum atomic E-state index is 0.123. The van der Waals surface area contributed by atoms with Crippen molar-refractivity contribution < 1.29 is 4.74 Å². The zero-order valence-corrected chi connectivity index (χ0v) is 14.3. The van der Waals surface area contributed by atoms with E-state index in [0.29, 0.717) is 6.04 Å². The van der Waals surface area contributed by atoms with E-state index >= 15 is 0 Å². The van der Waals surface area contributed by atoms with Gasteiger partial charge >= 0.3 is 0 Å². The van der Waals surface area contributed by atoms with Gasteiger partial charge in [-0.15, -0.1) is 0 Å². The van der Waals surface area contributed by atoms with E-state index in [1.54, 1.807) is 0 Å². The van der Waals surface area contributed by atoms with Crippen LogP contribution in [0, 0.1) is 6.92 Å². The summed E-state index contributed by atoms with van der Waals surface area (Å²) in [5, 5.41) is 6.88. The van der Waals surface area contributed by atoms with Crippen LogP contribution in [0.4, 0.5) is 0 Å². The molecule has 1 fully saturated rings. The highest BCUT2D eigenvalue weighted by atomic mass is 16.5. The standard InChI is InChI=1S/C18H29N3O/c1-14(2)21-17(19-4)20-13-18(9-11-22-12-10-18)16-8-6-5-7-15(16)3/h5-8,14H,9-13H2,1-4H3,(H2,19,20,21). The van der Waals surface area contributed by atoms with E-state index in [-0.39, 0.29) is 5.41 Å². The number of ether oxygens (including phenoxy) is 1. The van der Waals surface area contributed by atoms with Gasteiger partial charge in [-0.3, -0.25) is 4.99 Å². The number of hydrogen-bond donors (Lipinski definition) is 2. The van der Waals surface area contributed by atoms with Crippen molar-refractivity contribution in [1.29, 1.82) is 0 Å². The van der Waals surface area contributed by atoms with Gasteiger partial charge < -0.3 is 15.4 Å². The molecule has 1 aliphatic heterocycles. The van der Waals surface area contributed by atoms with Crippen LogP contribution in [0.2, 0.25) is 0 Å². The smallest absolute Gasteiger partial charge is 0.191 e. The topological polar surface area (TPSA) is 45.7 Å². The third kappa shape index (κ3) is 4.01. The van der Waals surface area contributed by atoms with Crippen molar-refractivity contribution in [3.63, 3.8) is 0 Å². The van der Waals surface area contributed by atoms with Gasteiger partial charge in [0.05, 0.1) is 0 Å². The van der Waals surface area contributed by atoms with Gasteiger partial charge in [-0.1, -0.05) is 24.3 Å². The first-order valence-electron chi connectivity index (χ1n) is 8.18. The number of nitrogens with zero attached hydrogens (tertiary/aromatic N) is 1. The summed E-state index contributed by atoms with van der Waals surface area (Å²) in [5.74, 6) is 0.870. The highest BCUT2D eigenvalue weighted by Gasteiger charge is 2.35. The van der Waals surface area contributed by atoms with E-state index in [1.165, 1.54) is 11.1 Å². The fourth-order valence-corrected chi connectivity index (χ4v) is 3.19. The Morgan fingerprint density at radius 1 is 1.27 bits per heavy atom. The van der Waals surface area contributed by atoms with Crippen molar-refractivity contribution in [2.75, 3.05) is 26.8 Å². The van der Waals surface area contributed by atoms with E-state index in [4.69, 9.17) is 4.74 Å². The van der Waals surface area contributed by atoms with E-state index < -0.39 is 0 Å². The van der Waals surface area contributed by atoms with E-state index in [0.717, 1.165) is 38.6 Å². The molecule has 0 aliphatic carbocycles. The number of nitrogens with one attached hydrogen (secondary N) is 2. The lowest BCUT2D eigenvalue weighted by Crippen LogP contribution is -2.49. The molecule has 1 aromatic rings. The average molecular weight is 303 g/mol. The normalized spacial score (nSPS) is 18.3. The summed E-state index contributed by atoms with van der Waals surface area (Å²) in [7, 11) is 1.82. The Balaban J connectivity index is 2.18. The molecule has 0 radical (unpaired) electrons. The second kappa shape index (κ2) is 7.63. The molecule has 1 saturated heterocycles. The Morgan fingerprint density at radius 2 is 1.95 bits per heavy atom. The molecule has 22 heavy (non-hydrogen) atoms. The van der Waals surface area contributed by atoms with Crippen LogP contribution in [0.15, 0.2) is 29.3 Å². The number of rotatable bonds is 4. The molecule has 4 nitrogen and oxygen atoms in total. The predicted molar refractivity (Wildman–Crippen MR) is 92.5 cm³/mol. The molecule has 0 unspecified atom stereocenters. The van der Waals surface area contributed by atoms with Crippen molar-refractivity contribution in [2.45, 2.75) is 45.1 Å². The molecule has 0 amide bonds. The average Bonchev–Trinajstić information content (AvgIpc) is 2.52. The van der Waals surface area contributed by atoms with Crippen molar-refractivity contribution in [1.82, 2.24) is 10.6 Å². The Bertz CT molecular complexity index is 505. The van der Waals surface area contributed by atoms with Crippen molar-refractivity contribution in [3.05, 3.63) is 35.4 Å². The molecule has 0 aromatic heterocycles. The predicted octanol–water partition coefficient (Wildman–Crippen LogP) is 2.62. The first-order valence-corrected chi connectivity index (χ1v) is 8.18. The van der Waals surface area contributed by atoms with Gasteiger partial charge in [0.25, 0.3) is 0 Å². The summed E-state index contributed by atoms with van der Waals surface area (Å²) in [5.41, 5.74) is 2.92. The third-order valence-electron chi connectivity index (χ3n) is 4.41. The molecular weight excluding hydrogens is 274 g/mol. The summed E-state index contributed by atoms with van der Waals surface area (Å²) < 4.78 is 5.61.